The number of imidazole rings is 1. The standard InChI is InChI=1S/C29H33N3O3/c1-22(30-28(33)18-17-23-11-4-3-5-12-23)29-31-26-15-6-7-16-27(26)32(29)19-8-9-20-35-25-14-10-13-24(21-25)34-2/h3-7,10-16,21-22H,8-9,17-20H2,1-2H3,(H,30,33). The highest BCUT2D eigenvalue weighted by Gasteiger charge is 2.18. The summed E-state index contributed by atoms with van der Waals surface area (Å²) >= 11 is 0. The SMILES string of the molecule is COc1cccc(OCCCCn2c(C(C)NC(=O)CCc3ccccc3)nc3ccccc32)c1. The number of nitrogens with one attached hydrogen (secondary N) is 1. The summed E-state index contributed by atoms with van der Waals surface area (Å²) in [6, 6.07) is 25.7. The quantitative estimate of drug-likeness (QED) is 0.269. The van der Waals surface area contributed by atoms with Crippen LogP contribution in [0.2, 0.25) is 0 Å². The number of nitrogens with zero attached hydrogens (tertiary/aromatic N) is 2. The van der Waals surface area contributed by atoms with Gasteiger partial charge in [-0.2, -0.15) is 0 Å². The lowest BCUT2D eigenvalue weighted by molar-refractivity contribution is -0.121. The molecule has 0 saturated carbocycles. The normalized spacial score (nSPS) is 11.8. The first-order valence-electron chi connectivity index (χ1n) is 12.2. The van der Waals surface area contributed by atoms with Gasteiger partial charge in [0.15, 0.2) is 0 Å². The van der Waals surface area contributed by atoms with Crippen LogP contribution in [-0.2, 0) is 17.8 Å². The minimum atomic E-state index is -0.182. The van der Waals surface area contributed by atoms with Crippen LogP contribution in [0.1, 0.15) is 43.6 Å². The van der Waals surface area contributed by atoms with E-state index in [-0.39, 0.29) is 11.9 Å². The Bertz CT molecular complexity index is 1240. The molecule has 0 fully saturated rings. The van der Waals surface area contributed by atoms with Gasteiger partial charge in [0.05, 0.1) is 30.8 Å². The van der Waals surface area contributed by atoms with E-state index in [4.69, 9.17) is 14.5 Å². The zero-order valence-electron chi connectivity index (χ0n) is 20.4. The fraction of sp³-hybridized carbons (Fsp3) is 0.310. The number of aryl methyl sites for hydroxylation is 2. The maximum Gasteiger partial charge on any atom is 0.220 e. The maximum atomic E-state index is 12.6. The molecule has 0 bridgehead atoms. The monoisotopic (exact) mass is 471 g/mol. The fourth-order valence-corrected chi connectivity index (χ4v) is 4.19. The lowest BCUT2D eigenvalue weighted by atomic mass is 10.1. The van der Waals surface area contributed by atoms with E-state index in [1.54, 1.807) is 7.11 Å². The van der Waals surface area contributed by atoms with Crippen molar-refractivity contribution < 1.29 is 14.3 Å². The van der Waals surface area contributed by atoms with Crippen molar-refractivity contribution >= 4 is 16.9 Å². The van der Waals surface area contributed by atoms with Crippen LogP contribution in [0.15, 0.2) is 78.9 Å². The van der Waals surface area contributed by atoms with E-state index >= 15 is 0 Å². The molecule has 0 radical (unpaired) electrons. The van der Waals surface area contributed by atoms with E-state index in [9.17, 15) is 4.79 Å². The molecule has 0 aliphatic carbocycles. The number of para-hydroxylation sites is 2. The van der Waals surface area contributed by atoms with Crippen molar-refractivity contribution in [2.24, 2.45) is 0 Å². The molecule has 3 aromatic carbocycles. The number of unbranched alkanes of at least 4 members (excludes halogenated alkanes) is 1. The summed E-state index contributed by atoms with van der Waals surface area (Å²) in [5, 5.41) is 3.14. The zero-order valence-corrected chi connectivity index (χ0v) is 20.4. The van der Waals surface area contributed by atoms with E-state index in [1.165, 1.54) is 5.56 Å². The van der Waals surface area contributed by atoms with Gasteiger partial charge in [-0.1, -0.05) is 48.5 Å². The third-order valence-electron chi connectivity index (χ3n) is 6.02. The van der Waals surface area contributed by atoms with Crippen molar-refractivity contribution in [2.45, 2.75) is 45.2 Å². The van der Waals surface area contributed by atoms with Gasteiger partial charge in [-0.3, -0.25) is 4.79 Å². The van der Waals surface area contributed by atoms with Crippen molar-refractivity contribution in [1.29, 1.82) is 0 Å². The molecule has 1 atom stereocenters. The van der Waals surface area contributed by atoms with E-state index in [0.29, 0.717) is 13.0 Å². The summed E-state index contributed by atoms with van der Waals surface area (Å²) in [4.78, 5) is 17.5. The molecular weight excluding hydrogens is 438 g/mol. The molecule has 0 aliphatic heterocycles. The minimum Gasteiger partial charge on any atom is -0.497 e. The first-order chi connectivity index (χ1) is 17.1. The topological polar surface area (TPSA) is 65.4 Å². The number of hydrogen-bond acceptors (Lipinski definition) is 4. The Labute approximate surface area is 206 Å². The van der Waals surface area contributed by atoms with Gasteiger partial charge in [-0.05, 0) is 56.0 Å². The van der Waals surface area contributed by atoms with Gasteiger partial charge in [-0.25, -0.2) is 4.98 Å². The molecule has 6 nitrogen and oxygen atoms in total. The minimum absolute atomic E-state index is 0.0339. The van der Waals surface area contributed by atoms with Gasteiger partial charge in [-0.15, -0.1) is 0 Å². The number of amides is 1. The van der Waals surface area contributed by atoms with E-state index < -0.39 is 0 Å². The molecule has 1 aromatic heterocycles. The van der Waals surface area contributed by atoms with Crippen molar-refractivity contribution in [2.75, 3.05) is 13.7 Å². The van der Waals surface area contributed by atoms with Crippen molar-refractivity contribution in [3.05, 3.63) is 90.3 Å². The Morgan fingerprint density at radius 2 is 1.74 bits per heavy atom. The second-order valence-electron chi connectivity index (χ2n) is 8.62. The third-order valence-corrected chi connectivity index (χ3v) is 6.02. The number of aromatic nitrogens is 2. The summed E-state index contributed by atoms with van der Waals surface area (Å²) in [5.41, 5.74) is 3.20. The smallest absolute Gasteiger partial charge is 0.220 e. The van der Waals surface area contributed by atoms with E-state index in [0.717, 1.165) is 54.2 Å². The number of benzene rings is 3. The molecule has 1 amide bonds. The number of rotatable bonds is 12. The number of fused-ring (bicyclic) bond motifs is 1. The lowest BCUT2D eigenvalue weighted by Gasteiger charge is -2.17. The first kappa shape index (κ1) is 24.3. The molecule has 1 N–H and O–H groups in total. The van der Waals surface area contributed by atoms with Gasteiger partial charge in [0, 0.05) is 19.0 Å². The fourth-order valence-electron chi connectivity index (χ4n) is 4.19. The van der Waals surface area contributed by atoms with Gasteiger partial charge < -0.3 is 19.4 Å². The van der Waals surface area contributed by atoms with Crippen LogP contribution in [0.5, 0.6) is 11.5 Å². The van der Waals surface area contributed by atoms with Gasteiger partial charge in [0.1, 0.15) is 17.3 Å². The molecule has 182 valence electrons. The average Bonchev–Trinajstić information content (AvgIpc) is 3.27. The van der Waals surface area contributed by atoms with Crippen LogP contribution in [0, 0.1) is 0 Å². The third kappa shape index (κ3) is 6.63. The summed E-state index contributed by atoms with van der Waals surface area (Å²) in [6.07, 6.45) is 3.02. The Kier molecular flexibility index (Phi) is 8.39. The number of carbonyl (C=O) groups is 1. The van der Waals surface area contributed by atoms with E-state index in [2.05, 4.69) is 16.0 Å². The Morgan fingerprint density at radius 1 is 0.971 bits per heavy atom. The summed E-state index contributed by atoms with van der Waals surface area (Å²) < 4.78 is 13.4. The largest absolute Gasteiger partial charge is 0.497 e. The molecule has 35 heavy (non-hydrogen) atoms. The lowest BCUT2D eigenvalue weighted by Crippen LogP contribution is -2.29. The van der Waals surface area contributed by atoms with Crippen molar-refractivity contribution in [1.82, 2.24) is 14.9 Å². The van der Waals surface area contributed by atoms with Gasteiger partial charge in [0.25, 0.3) is 0 Å². The number of methoxy groups -OCH3 is 1. The number of ether oxygens (including phenoxy) is 2. The highest BCUT2D eigenvalue weighted by atomic mass is 16.5. The predicted molar refractivity (Wildman–Crippen MR) is 139 cm³/mol. The molecule has 4 aromatic rings. The average molecular weight is 472 g/mol. The molecule has 0 aliphatic rings. The zero-order chi connectivity index (χ0) is 24.5. The first-order valence-corrected chi connectivity index (χ1v) is 12.2. The molecule has 0 spiro atoms. The van der Waals surface area contributed by atoms with Gasteiger partial charge >= 0.3 is 0 Å². The Hall–Kier alpha value is -3.80. The van der Waals surface area contributed by atoms with Crippen LogP contribution in [0.3, 0.4) is 0 Å². The molecule has 4 rings (SSSR count). The Balaban J connectivity index is 1.34. The maximum absolute atomic E-state index is 12.6. The molecule has 0 saturated heterocycles. The summed E-state index contributed by atoms with van der Waals surface area (Å²) in [6.45, 7) is 3.44. The van der Waals surface area contributed by atoms with Crippen LogP contribution in [0.4, 0.5) is 0 Å². The number of hydrogen-bond donors (Lipinski definition) is 1. The second kappa shape index (κ2) is 12.1. The molecule has 6 heteroatoms. The van der Waals surface area contributed by atoms with Crippen molar-refractivity contribution in [3.63, 3.8) is 0 Å². The van der Waals surface area contributed by atoms with Crippen LogP contribution in [-0.4, -0.2) is 29.2 Å². The van der Waals surface area contributed by atoms with Crippen molar-refractivity contribution in [3.8, 4) is 11.5 Å². The summed E-state index contributed by atoms with van der Waals surface area (Å²) in [5.74, 6) is 2.52. The van der Waals surface area contributed by atoms with Gasteiger partial charge in [0.2, 0.25) is 5.91 Å². The summed E-state index contributed by atoms with van der Waals surface area (Å²) in [7, 11) is 1.65. The second-order valence-corrected chi connectivity index (χ2v) is 8.62. The van der Waals surface area contributed by atoms with E-state index in [1.807, 2.05) is 79.7 Å². The van der Waals surface area contributed by atoms with Crippen LogP contribution < -0.4 is 14.8 Å². The Morgan fingerprint density at radius 3 is 2.57 bits per heavy atom. The highest BCUT2D eigenvalue weighted by Crippen LogP contribution is 2.22. The molecule has 1 heterocycles. The molecule has 1 unspecified atom stereocenters. The van der Waals surface area contributed by atoms with Crippen LogP contribution in [0.25, 0.3) is 11.0 Å². The molecular formula is C29H33N3O3. The highest BCUT2D eigenvalue weighted by molar-refractivity contribution is 5.78. The number of carbonyl (C=O) groups excluding carboxylic acids is 1. The van der Waals surface area contributed by atoms with Crippen LogP contribution >= 0.6 is 0 Å². The predicted octanol–water partition coefficient (Wildman–Crippen LogP) is 5.71.